The lowest BCUT2D eigenvalue weighted by atomic mass is 10.1. The first-order valence-electron chi connectivity index (χ1n) is 11.5. The number of rotatable bonds is 8. The van der Waals surface area contributed by atoms with Crippen molar-refractivity contribution in [2.75, 3.05) is 45.8 Å². The van der Waals surface area contributed by atoms with Crippen LogP contribution in [0.5, 0.6) is 5.75 Å². The first-order valence-corrected chi connectivity index (χ1v) is 11.5. The molecule has 1 saturated heterocycles. The third-order valence-electron chi connectivity index (χ3n) is 6.02. The fourth-order valence-corrected chi connectivity index (χ4v) is 4.09. The Hall–Kier alpha value is -3.39. The van der Waals surface area contributed by atoms with Crippen LogP contribution in [-0.2, 0) is 11.4 Å². The van der Waals surface area contributed by atoms with E-state index in [1.807, 2.05) is 76.8 Å². The van der Waals surface area contributed by atoms with Crippen LogP contribution in [0.15, 0.2) is 54.9 Å². The van der Waals surface area contributed by atoms with Gasteiger partial charge in [-0.25, -0.2) is 4.98 Å². The van der Waals surface area contributed by atoms with Gasteiger partial charge in [-0.05, 0) is 44.2 Å². The molecule has 174 valence electrons. The highest BCUT2D eigenvalue weighted by Gasteiger charge is 2.24. The van der Waals surface area contributed by atoms with Crippen LogP contribution in [0.4, 0.5) is 0 Å². The number of imidazole rings is 1. The monoisotopic (exact) mass is 449 g/mol. The number of benzene rings is 1. The molecule has 4 rings (SSSR count). The lowest BCUT2D eigenvalue weighted by molar-refractivity contribution is -0.132. The molecule has 33 heavy (non-hydrogen) atoms. The second kappa shape index (κ2) is 10.5. The third-order valence-corrected chi connectivity index (χ3v) is 6.02. The van der Waals surface area contributed by atoms with Gasteiger partial charge in [0.05, 0.1) is 12.2 Å². The Morgan fingerprint density at radius 2 is 1.82 bits per heavy atom. The van der Waals surface area contributed by atoms with E-state index in [9.17, 15) is 9.59 Å². The SMILES string of the molecule is CCN(CC)C(=O)CN1CCN(C(=O)c2cccc(OCc3cn4ccccc4n3)c2)CC1. The van der Waals surface area contributed by atoms with E-state index in [-0.39, 0.29) is 11.8 Å². The van der Waals surface area contributed by atoms with Crippen LogP contribution in [0.1, 0.15) is 29.9 Å². The Kier molecular flexibility index (Phi) is 7.24. The van der Waals surface area contributed by atoms with Gasteiger partial charge in [-0.1, -0.05) is 12.1 Å². The van der Waals surface area contributed by atoms with Crippen molar-refractivity contribution in [3.63, 3.8) is 0 Å². The van der Waals surface area contributed by atoms with Crippen molar-refractivity contribution < 1.29 is 14.3 Å². The number of ether oxygens (including phenoxy) is 1. The fourth-order valence-electron chi connectivity index (χ4n) is 4.09. The molecular weight excluding hydrogens is 418 g/mol. The van der Waals surface area contributed by atoms with Gasteiger partial charge in [-0.15, -0.1) is 0 Å². The van der Waals surface area contributed by atoms with Gasteiger partial charge in [0.15, 0.2) is 0 Å². The van der Waals surface area contributed by atoms with E-state index >= 15 is 0 Å². The zero-order valence-electron chi connectivity index (χ0n) is 19.3. The predicted octanol–water partition coefficient (Wildman–Crippen LogP) is 2.54. The summed E-state index contributed by atoms with van der Waals surface area (Å²) in [7, 11) is 0. The van der Waals surface area contributed by atoms with E-state index in [2.05, 4.69) is 9.88 Å². The molecule has 0 N–H and O–H groups in total. The molecule has 0 aliphatic carbocycles. The summed E-state index contributed by atoms with van der Waals surface area (Å²) in [5.41, 5.74) is 2.31. The molecule has 0 atom stereocenters. The van der Waals surface area contributed by atoms with Gasteiger partial charge < -0.3 is 18.9 Å². The minimum absolute atomic E-state index is 0.0112. The number of hydrogen-bond acceptors (Lipinski definition) is 5. The Labute approximate surface area is 194 Å². The van der Waals surface area contributed by atoms with Crippen LogP contribution in [0.2, 0.25) is 0 Å². The van der Waals surface area contributed by atoms with Crippen LogP contribution < -0.4 is 4.74 Å². The second-order valence-electron chi connectivity index (χ2n) is 8.15. The molecule has 8 nitrogen and oxygen atoms in total. The van der Waals surface area contributed by atoms with Crippen molar-refractivity contribution in [3.05, 3.63) is 66.1 Å². The number of fused-ring (bicyclic) bond motifs is 1. The molecule has 2 amide bonds. The first kappa shape index (κ1) is 22.8. The van der Waals surface area contributed by atoms with Crippen molar-refractivity contribution in [3.8, 4) is 5.75 Å². The van der Waals surface area contributed by atoms with Crippen LogP contribution in [-0.4, -0.2) is 81.7 Å². The smallest absolute Gasteiger partial charge is 0.254 e. The second-order valence-corrected chi connectivity index (χ2v) is 8.15. The number of aromatic nitrogens is 2. The molecule has 1 fully saturated rings. The number of carbonyl (C=O) groups excluding carboxylic acids is 2. The van der Waals surface area contributed by atoms with E-state index in [1.165, 1.54) is 0 Å². The topological polar surface area (TPSA) is 70.4 Å². The maximum atomic E-state index is 13.0. The van der Waals surface area contributed by atoms with Gasteiger partial charge in [0.1, 0.15) is 18.0 Å². The summed E-state index contributed by atoms with van der Waals surface area (Å²) in [6, 6.07) is 13.1. The van der Waals surface area contributed by atoms with Gasteiger partial charge >= 0.3 is 0 Å². The summed E-state index contributed by atoms with van der Waals surface area (Å²) in [5, 5.41) is 0. The lowest BCUT2D eigenvalue weighted by Crippen LogP contribution is -2.51. The number of amides is 2. The Morgan fingerprint density at radius 1 is 1.03 bits per heavy atom. The average Bonchev–Trinajstić information content (AvgIpc) is 3.27. The molecule has 1 aliphatic rings. The molecule has 8 heteroatoms. The van der Waals surface area contributed by atoms with Crippen molar-refractivity contribution >= 4 is 17.5 Å². The molecule has 1 aromatic carbocycles. The van der Waals surface area contributed by atoms with Gasteiger partial charge in [0.2, 0.25) is 5.91 Å². The van der Waals surface area contributed by atoms with Crippen LogP contribution in [0, 0.1) is 0 Å². The van der Waals surface area contributed by atoms with Crippen LogP contribution >= 0.6 is 0 Å². The number of carbonyl (C=O) groups is 2. The summed E-state index contributed by atoms with van der Waals surface area (Å²) in [5.74, 6) is 0.777. The Bertz CT molecular complexity index is 1070. The quantitative estimate of drug-likeness (QED) is 0.529. The fraction of sp³-hybridized carbons (Fsp3) is 0.400. The number of piperazine rings is 1. The minimum atomic E-state index is -0.0112. The van der Waals surface area contributed by atoms with E-state index in [0.717, 1.165) is 24.4 Å². The summed E-state index contributed by atoms with van der Waals surface area (Å²) >= 11 is 0. The van der Waals surface area contributed by atoms with Crippen LogP contribution in [0.25, 0.3) is 5.65 Å². The predicted molar refractivity (Wildman–Crippen MR) is 126 cm³/mol. The Morgan fingerprint density at radius 3 is 2.55 bits per heavy atom. The van der Waals surface area contributed by atoms with Gasteiger partial charge in [0, 0.05) is 57.2 Å². The number of pyridine rings is 1. The highest BCUT2D eigenvalue weighted by atomic mass is 16.5. The van der Waals surface area contributed by atoms with Crippen molar-refractivity contribution in [1.82, 2.24) is 24.1 Å². The molecule has 0 saturated carbocycles. The molecule has 2 aromatic heterocycles. The molecule has 0 unspecified atom stereocenters. The first-order chi connectivity index (χ1) is 16.1. The van der Waals surface area contributed by atoms with E-state index < -0.39 is 0 Å². The molecule has 0 radical (unpaired) electrons. The molecular formula is C25H31N5O3. The van der Waals surface area contributed by atoms with E-state index in [0.29, 0.717) is 50.6 Å². The minimum Gasteiger partial charge on any atom is -0.487 e. The molecule has 0 spiro atoms. The highest BCUT2D eigenvalue weighted by Crippen LogP contribution is 2.18. The number of hydrogen-bond donors (Lipinski definition) is 0. The number of nitrogens with zero attached hydrogens (tertiary/aromatic N) is 5. The summed E-state index contributed by atoms with van der Waals surface area (Å²) < 4.78 is 7.86. The molecule has 3 heterocycles. The van der Waals surface area contributed by atoms with Crippen LogP contribution in [0.3, 0.4) is 0 Å². The lowest BCUT2D eigenvalue weighted by Gasteiger charge is -2.35. The van der Waals surface area contributed by atoms with Crippen molar-refractivity contribution in [2.24, 2.45) is 0 Å². The Balaban J connectivity index is 1.31. The van der Waals surface area contributed by atoms with Gasteiger partial charge in [-0.2, -0.15) is 0 Å². The van der Waals surface area contributed by atoms with E-state index in [1.54, 1.807) is 6.07 Å². The van der Waals surface area contributed by atoms with Gasteiger partial charge in [0.25, 0.3) is 5.91 Å². The standard InChI is InChI=1S/C25H31N5O3/c1-3-28(4-2)24(31)18-27-12-14-29(15-13-27)25(32)20-8-7-9-22(16-20)33-19-21-17-30-11-6-5-10-23(30)26-21/h5-11,16-17H,3-4,12-15,18-19H2,1-2H3. The third kappa shape index (κ3) is 5.51. The summed E-state index contributed by atoms with van der Waals surface area (Å²) in [6.45, 7) is 8.79. The summed E-state index contributed by atoms with van der Waals surface area (Å²) in [6.07, 6.45) is 3.89. The normalized spacial score (nSPS) is 14.4. The van der Waals surface area contributed by atoms with Crippen molar-refractivity contribution in [1.29, 1.82) is 0 Å². The maximum absolute atomic E-state index is 13.0. The van der Waals surface area contributed by atoms with Crippen molar-refractivity contribution in [2.45, 2.75) is 20.5 Å². The van der Waals surface area contributed by atoms with Gasteiger partial charge in [-0.3, -0.25) is 14.5 Å². The number of likely N-dealkylation sites (N-methyl/N-ethyl adjacent to an activating group) is 1. The molecule has 0 bridgehead atoms. The maximum Gasteiger partial charge on any atom is 0.254 e. The largest absolute Gasteiger partial charge is 0.487 e. The molecule has 1 aliphatic heterocycles. The molecule has 3 aromatic rings. The zero-order valence-corrected chi connectivity index (χ0v) is 19.3. The summed E-state index contributed by atoms with van der Waals surface area (Å²) in [4.78, 5) is 35.7. The zero-order chi connectivity index (χ0) is 23.2. The average molecular weight is 450 g/mol. The highest BCUT2D eigenvalue weighted by molar-refractivity contribution is 5.94. The van der Waals surface area contributed by atoms with E-state index in [4.69, 9.17) is 4.74 Å².